The van der Waals surface area contributed by atoms with E-state index in [1.165, 1.54) is 0 Å². The highest BCUT2D eigenvalue weighted by Gasteiger charge is 2.28. The molecule has 2 rings (SSSR count). The predicted molar refractivity (Wildman–Crippen MR) is 85.8 cm³/mol. The van der Waals surface area contributed by atoms with Crippen LogP contribution < -0.4 is 5.32 Å². The van der Waals surface area contributed by atoms with Crippen molar-refractivity contribution in [1.82, 2.24) is 10.2 Å². The summed E-state index contributed by atoms with van der Waals surface area (Å²) in [5.74, 6) is 1.91. The third-order valence-corrected chi connectivity index (χ3v) is 3.91. The molecule has 1 aliphatic rings. The zero-order valence-corrected chi connectivity index (χ0v) is 13.7. The molecule has 0 amide bonds. The lowest BCUT2D eigenvalue weighted by atomic mass is 10.0. The number of ether oxygens (including phenoxy) is 1. The van der Waals surface area contributed by atoms with E-state index in [1.807, 2.05) is 6.92 Å². The number of nitrogens with zero attached hydrogens (tertiary/aromatic N) is 2. The normalized spacial score (nSPS) is 21.9. The van der Waals surface area contributed by atoms with Gasteiger partial charge in [0.1, 0.15) is 11.4 Å². The Morgan fingerprint density at radius 1 is 1.64 bits per heavy atom. The van der Waals surface area contributed by atoms with Gasteiger partial charge in [-0.25, -0.2) is 4.99 Å². The minimum atomic E-state index is -1.10. The lowest BCUT2D eigenvalue weighted by Crippen LogP contribution is -2.41. The Morgan fingerprint density at radius 3 is 3.09 bits per heavy atom. The summed E-state index contributed by atoms with van der Waals surface area (Å²) >= 11 is 0. The first kappa shape index (κ1) is 16.8. The summed E-state index contributed by atoms with van der Waals surface area (Å²) < 4.78 is 10.5. The fraction of sp³-hybridized carbons (Fsp3) is 0.688. The lowest BCUT2D eigenvalue weighted by molar-refractivity contribution is 0.0435. The summed E-state index contributed by atoms with van der Waals surface area (Å²) in [7, 11) is 1.74. The van der Waals surface area contributed by atoms with Gasteiger partial charge in [0.05, 0.1) is 19.4 Å². The van der Waals surface area contributed by atoms with Crippen LogP contribution >= 0.6 is 0 Å². The molecule has 0 radical (unpaired) electrons. The number of likely N-dealkylation sites (tertiary alicyclic amines) is 1. The fourth-order valence-corrected chi connectivity index (χ4v) is 2.71. The standard InChI is InChI=1S/C16H27N3O3/c1-4-17-15(19-8-7-13(10-19)11-21-3)18-12-16(2,20)14-6-5-9-22-14/h5-6,9,13,20H,4,7-8,10-12H2,1-3H3,(H,17,18). The number of hydrogen-bond donors (Lipinski definition) is 2. The fourth-order valence-electron chi connectivity index (χ4n) is 2.71. The van der Waals surface area contributed by atoms with Crippen molar-refractivity contribution >= 4 is 5.96 Å². The van der Waals surface area contributed by atoms with Crippen molar-refractivity contribution in [3.63, 3.8) is 0 Å². The highest BCUT2D eigenvalue weighted by Crippen LogP contribution is 2.22. The molecule has 2 N–H and O–H groups in total. The molecule has 1 aromatic heterocycles. The van der Waals surface area contributed by atoms with Crippen molar-refractivity contribution in [2.24, 2.45) is 10.9 Å². The zero-order valence-electron chi connectivity index (χ0n) is 13.7. The van der Waals surface area contributed by atoms with Gasteiger partial charge in [0.2, 0.25) is 0 Å². The van der Waals surface area contributed by atoms with Crippen molar-refractivity contribution in [1.29, 1.82) is 0 Å². The number of guanidine groups is 1. The van der Waals surface area contributed by atoms with Crippen LogP contribution in [-0.2, 0) is 10.3 Å². The van der Waals surface area contributed by atoms with Crippen molar-refractivity contribution in [2.75, 3.05) is 39.9 Å². The van der Waals surface area contributed by atoms with Gasteiger partial charge in [-0.15, -0.1) is 0 Å². The van der Waals surface area contributed by atoms with E-state index in [-0.39, 0.29) is 6.54 Å². The number of furan rings is 1. The van der Waals surface area contributed by atoms with Crippen LogP contribution in [0.15, 0.2) is 27.8 Å². The monoisotopic (exact) mass is 309 g/mol. The maximum Gasteiger partial charge on any atom is 0.194 e. The second-order valence-electron chi connectivity index (χ2n) is 5.98. The van der Waals surface area contributed by atoms with Crippen LogP contribution in [0, 0.1) is 5.92 Å². The van der Waals surface area contributed by atoms with Gasteiger partial charge < -0.3 is 24.5 Å². The van der Waals surface area contributed by atoms with Crippen LogP contribution in [0.3, 0.4) is 0 Å². The molecule has 2 unspecified atom stereocenters. The molecular formula is C16H27N3O3. The van der Waals surface area contributed by atoms with Crippen LogP contribution in [0.5, 0.6) is 0 Å². The zero-order chi connectivity index (χ0) is 16.0. The molecule has 0 saturated carbocycles. The first-order valence-corrected chi connectivity index (χ1v) is 7.85. The van der Waals surface area contributed by atoms with Crippen LogP contribution in [0.2, 0.25) is 0 Å². The van der Waals surface area contributed by atoms with Gasteiger partial charge in [-0.05, 0) is 32.4 Å². The number of methoxy groups -OCH3 is 1. The highest BCUT2D eigenvalue weighted by atomic mass is 16.5. The van der Waals surface area contributed by atoms with Crippen LogP contribution in [0.4, 0.5) is 0 Å². The van der Waals surface area contributed by atoms with E-state index in [2.05, 4.69) is 15.2 Å². The number of aliphatic hydroxyl groups is 1. The number of nitrogens with one attached hydrogen (secondary N) is 1. The third kappa shape index (κ3) is 4.24. The molecule has 1 saturated heterocycles. The third-order valence-electron chi connectivity index (χ3n) is 3.91. The Balaban J connectivity index is 2.01. The van der Waals surface area contributed by atoms with Crippen molar-refractivity contribution < 1.29 is 14.3 Å². The Hall–Kier alpha value is -1.53. The molecule has 6 nitrogen and oxygen atoms in total. The number of rotatable bonds is 6. The molecule has 22 heavy (non-hydrogen) atoms. The molecule has 0 aliphatic carbocycles. The molecule has 1 aromatic rings. The maximum atomic E-state index is 10.5. The summed E-state index contributed by atoms with van der Waals surface area (Å²) in [5, 5.41) is 13.8. The Bertz CT molecular complexity index is 471. The molecule has 2 heterocycles. The van der Waals surface area contributed by atoms with Crippen LogP contribution in [0.25, 0.3) is 0 Å². The first-order chi connectivity index (χ1) is 10.6. The van der Waals surface area contributed by atoms with E-state index in [4.69, 9.17) is 9.15 Å². The summed E-state index contributed by atoms with van der Waals surface area (Å²) in [6, 6.07) is 3.54. The van der Waals surface area contributed by atoms with E-state index in [0.717, 1.165) is 38.6 Å². The van der Waals surface area contributed by atoms with Crippen molar-refractivity contribution in [3.8, 4) is 0 Å². The molecule has 6 heteroatoms. The van der Waals surface area contributed by atoms with Crippen molar-refractivity contribution in [3.05, 3.63) is 24.2 Å². The largest absolute Gasteiger partial charge is 0.466 e. The number of aliphatic imine (C=N–C) groups is 1. The Kier molecular flexibility index (Phi) is 5.85. The van der Waals surface area contributed by atoms with Gasteiger partial charge in [0, 0.05) is 32.7 Å². The molecule has 0 spiro atoms. The summed E-state index contributed by atoms with van der Waals surface area (Å²) in [5.41, 5.74) is -1.10. The molecule has 2 atom stereocenters. The second kappa shape index (κ2) is 7.65. The van der Waals surface area contributed by atoms with Crippen LogP contribution in [0.1, 0.15) is 26.0 Å². The van der Waals surface area contributed by atoms with Gasteiger partial charge in [0.15, 0.2) is 5.96 Å². The molecule has 124 valence electrons. The summed E-state index contributed by atoms with van der Waals surface area (Å²) in [6.07, 6.45) is 2.67. The van der Waals surface area contributed by atoms with E-state index in [9.17, 15) is 5.11 Å². The average molecular weight is 309 g/mol. The first-order valence-electron chi connectivity index (χ1n) is 7.85. The summed E-state index contributed by atoms with van der Waals surface area (Å²) in [6.45, 7) is 7.49. The topological polar surface area (TPSA) is 70.2 Å². The van der Waals surface area contributed by atoms with Gasteiger partial charge in [-0.2, -0.15) is 0 Å². The summed E-state index contributed by atoms with van der Waals surface area (Å²) in [4.78, 5) is 6.83. The minimum Gasteiger partial charge on any atom is -0.466 e. The quantitative estimate of drug-likeness (QED) is 0.614. The number of hydrogen-bond acceptors (Lipinski definition) is 4. The SMILES string of the molecule is CCNC(=NCC(C)(O)c1ccco1)N1CCC(COC)C1. The van der Waals surface area contributed by atoms with E-state index in [0.29, 0.717) is 11.7 Å². The van der Waals surface area contributed by atoms with Gasteiger partial charge in [-0.1, -0.05) is 0 Å². The lowest BCUT2D eigenvalue weighted by Gasteiger charge is -2.24. The van der Waals surface area contributed by atoms with Gasteiger partial charge in [-0.3, -0.25) is 0 Å². The van der Waals surface area contributed by atoms with E-state index in [1.54, 1.807) is 32.4 Å². The molecule has 1 aliphatic heterocycles. The molecule has 1 fully saturated rings. The van der Waals surface area contributed by atoms with E-state index < -0.39 is 5.60 Å². The van der Waals surface area contributed by atoms with Crippen molar-refractivity contribution in [2.45, 2.75) is 25.9 Å². The highest BCUT2D eigenvalue weighted by molar-refractivity contribution is 5.80. The van der Waals surface area contributed by atoms with Crippen LogP contribution in [-0.4, -0.2) is 55.9 Å². The Morgan fingerprint density at radius 2 is 2.45 bits per heavy atom. The minimum absolute atomic E-state index is 0.258. The molecule has 0 aromatic carbocycles. The molecule has 0 bridgehead atoms. The predicted octanol–water partition coefficient (Wildman–Crippen LogP) is 1.42. The van der Waals surface area contributed by atoms with Gasteiger partial charge in [0.25, 0.3) is 0 Å². The maximum absolute atomic E-state index is 10.5. The smallest absolute Gasteiger partial charge is 0.194 e. The van der Waals surface area contributed by atoms with Gasteiger partial charge >= 0.3 is 0 Å². The average Bonchev–Trinajstić information content (AvgIpc) is 3.15. The Labute approximate surface area is 132 Å². The second-order valence-corrected chi connectivity index (χ2v) is 5.98. The molecular weight excluding hydrogens is 282 g/mol. The van der Waals surface area contributed by atoms with E-state index >= 15 is 0 Å².